The maximum Gasteiger partial charge on any atom is 0.417 e. The summed E-state index contributed by atoms with van der Waals surface area (Å²) in [5.74, 6) is -0.759. The predicted octanol–water partition coefficient (Wildman–Crippen LogP) is 3.79. The van der Waals surface area contributed by atoms with Gasteiger partial charge in [0.15, 0.2) is 0 Å². The summed E-state index contributed by atoms with van der Waals surface area (Å²) < 4.78 is 39.8. The molecule has 0 aliphatic rings. The van der Waals surface area contributed by atoms with E-state index in [4.69, 9.17) is 11.6 Å². The van der Waals surface area contributed by atoms with Gasteiger partial charge in [-0.15, -0.1) is 0 Å². The van der Waals surface area contributed by atoms with Crippen molar-refractivity contribution in [1.29, 1.82) is 0 Å². The summed E-state index contributed by atoms with van der Waals surface area (Å²) in [6.07, 6.45) is -2.86. The lowest BCUT2D eigenvalue weighted by molar-refractivity contribution is -0.137. The van der Waals surface area contributed by atoms with Gasteiger partial charge in [0.25, 0.3) is 11.5 Å². The molecule has 3 aromatic rings. The largest absolute Gasteiger partial charge is 0.417 e. The van der Waals surface area contributed by atoms with Gasteiger partial charge in [0.2, 0.25) is 0 Å². The lowest BCUT2D eigenvalue weighted by Gasteiger charge is -2.09. The van der Waals surface area contributed by atoms with E-state index in [0.29, 0.717) is 28.7 Å². The number of hydrogen-bond donors (Lipinski definition) is 2. The number of anilines is 1. The first-order chi connectivity index (χ1) is 12.7. The number of aromatic amines is 1. The number of aromatic nitrogens is 3. The normalized spacial score (nSPS) is 11.4. The van der Waals surface area contributed by atoms with Crippen LogP contribution in [0, 0.1) is 6.92 Å². The van der Waals surface area contributed by atoms with E-state index >= 15 is 0 Å². The van der Waals surface area contributed by atoms with Crippen LogP contribution in [0.5, 0.6) is 0 Å². The molecule has 2 aromatic heterocycles. The minimum absolute atomic E-state index is 0.104. The molecule has 3 rings (SSSR count). The number of carbonyl (C=O) groups excluding carboxylic acids is 1. The highest BCUT2D eigenvalue weighted by molar-refractivity contribution is 6.30. The fourth-order valence-corrected chi connectivity index (χ4v) is 2.62. The maximum atomic E-state index is 12.8. The van der Waals surface area contributed by atoms with E-state index in [9.17, 15) is 22.8 Å². The van der Waals surface area contributed by atoms with E-state index in [1.165, 1.54) is 10.9 Å². The standard InChI is InChI=1S/C17H12ClF3N4O2/c1-9-13(8-23-25(9)12-4-2-3-11(18)6-12)15(26)24-14-5-10(17(19,20)21)7-22-16(14)27/h2-8H,1H3,(H,22,27)(H,24,26). The zero-order chi connectivity index (χ0) is 19.8. The zero-order valence-corrected chi connectivity index (χ0v) is 14.5. The Balaban J connectivity index is 1.91. The third kappa shape index (κ3) is 3.87. The van der Waals surface area contributed by atoms with E-state index in [1.807, 2.05) is 4.98 Å². The molecule has 0 atom stereocenters. The lowest BCUT2D eigenvalue weighted by Crippen LogP contribution is -2.21. The van der Waals surface area contributed by atoms with Crippen LogP contribution < -0.4 is 10.9 Å². The molecule has 0 unspecified atom stereocenters. The highest BCUT2D eigenvalue weighted by Crippen LogP contribution is 2.29. The van der Waals surface area contributed by atoms with Crippen molar-refractivity contribution in [2.45, 2.75) is 13.1 Å². The molecule has 2 N–H and O–H groups in total. The topological polar surface area (TPSA) is 79.8 Å². The van der Waals surface area contributed by atoms with Gasteiger partial charge in [-0.25, -0.2) is 4.68 Å². The Bertz CT molecular complexity index is 1070. The SMILES string of the molecule is Cc1c(C(=O)Nc2cc(C(F)(F)F)c[nH]c2=O)cnn1-c1cccc(Cl)c1. The Kier molecular flexibility index (Phi) is 4.79. The molecule has 0 aliphatic heterocycles. The van der Waals surface area contributed by atoms with Crippen LogP contribution in [0.25, 0.3) is 5.69 Å². The number of halogens is 4. The minimum atomic E-state index is -4.66. The van der Waals surface area contributed by atoms with Crippen molar-refractivity contribution in [1.82, 2.24) is 14.8 Å². The Morgan fingerprint density at radius 1 is 1.30 bits per heavy atom. The second kappa shape index (κ2) is 6.92. The van der Waals surface area contributed by atoms with E-state index in [-0.39, 0.29) is 5.56 Å². The van der Waals surface area contributed by atoms with Gasteiger partial charge in [-0.1, -0.05) is 17.7 Å². The van der Waals surface area contributed by atoms with Crippen molar-refractivity contribution in [3.05, 3.63) is 74.9 Å². The van der Waals surface area contributed by atoms with E-state index < -0.39 is 28.9 Å². The van der Waals surface area contributed by atoms with Crippen molar-refractivity contribution in [2.24, 2.45) is 0 Å². The number of carbonyl (C=O) groups is 1. The van der Waals surface area contributed by atoms with Crippen LogP contribution in [0.2, 0.25) is 5.02 Å². The molecule has 0 saturated heterocycles. The van der Waals surface area contributed by atoms with Gasteiger partial charge in [-0.2, -0.15) is 18.3 Å². The van der Waals surface area contributed by atoms with Crippen LogP contribution in [-0.2, 0) is 6.18 Å². The predicted molar refractivity (Wildman–Crippen MR) is 93.3 cm³/mol. The molecule has 1 aromatic carbocycles. The number of H-pyrrole nitrogens is 1. The number of nitrogens with one attached hydrogen (secondary N) is 2. The van der Waals surface area contributed by atoms with E-state index in [2.05, 4.69) is 10.4 Å². The molecule has 0 radical (unpaired) electrons. The highest BCUT2D eigenvalue weighted by Gasteiger charge is 2.31. The van der Waals surface area contributed by atoms with Gasteiger partial charge in [0.05, 0.1) is 28.7 Å². The summed E-state index contributed by atoms with van der Waals surface area (Å²) in [5.41, 5.74) is -1.30. The van der Waals surface area contributed by atoms with Gasteiger partial charge >= 0.3 is 6.18 Å². The van der Waals surface area contributed by atoms with Crippen molar-refractivity contribution in [2.75, 3.05) is 5.32 Å². The summed E-state index contributed by atoms with van der Waals surface area (Å²) in [6, 6.07) is 7.33. The molecule has 0 fully saturated rings. The van der Waals surface area contributed by atoms with Crippen molar-refractivity contribution >= 4 is 23.2 Å². The van der Waals surface area contributed by atoms with Gasteiger partial charge in [-0.3, -0.25) is 9.59 Å². The molecule has 0 aliphatic carbocycles. The number of amides is 1. The van der Waals surface area contributed by atoms with Gasteiger partial charge in [0, 0.05) is 11.2 Å². The lowest BCUT2D eigenvalue weighted by atomic mass is 10.2. The fraction of sp³-hybridized carbons (Fsp3) is 0.118. The number of benzene rings is 1. The van der Waals surface area contributed by atoms with Crippen LogP contribution in [0.1, 0.15) is 21.6 Å². The monoisotopic (exact) mass is 396 g/mol. The Morgan fingerprint density at radius 2 is 2.04 bits per heavy atom. The second-order valence-electron chi connectivity index (χ2n) is 5.62. The average Bonchev–Trinajstić information content (AvgIpc) is 2.97. The van der Waals surface area contributed by atoms with Crippen molar-refractivity contribution in [3.63, 3.8) is 0 Å². The third-order valence-corrected chi connectivity index (χ3v) is 4.02. The summed E-state index contributed by atoms with van der Waals surface area (Å²) in [7, 11) is 0. The number of nitrogens with zero attached hydrogens (tertiary/aromatic N) is 2. The van der Waals surface area contributed by atoms with Crippen LogP contribution in [0.3, 0.4) is 0 Å². The average molecular weight is 397 g/mol. The van der Waals surface area contributed by atoms with Crippen LogP contribution in [0.15, 0.2) is 47.5 Å². The van der Waals surface area contributed by atoms with E-state index in [0.717, 1.165) is 0 Å². The quantitative estimate of drug-likeness (QED) is 0.706. The molecular weight excluding hydrogens is 385 g/mol. The highest BCUT2D eigenvalue weighted by atomic mass is 35.5. The molecule has 0 bridgehead atoms. The number of rotatable bonds is 3. The molecule has 2 heterocycles. The van der Waals surface area contributed by atoms with Crippen LogP contribution in [0.4, 0.5) is 18.9 Å². The number of pyridine rings is 1. The molecule has 1 amide bonds. The smallest absolute Gasteiger partial charge is 0.327 e. The number of alkyl halides is 3. The first-order valence-electron chi connectivity index (χ1n) is 7.58. The first kappa shape index (κ1) is 18.7. The second-order valence-corrected chi connectivity index (χ2v) is 6.05. The third-order valence-electron chi connectivity index (χ3n) is 3.79. The van der Waals surface area contributed by atoms with Crippen LogP contribution in [-0.4, -0.2) is 20.7 Å². The van der Waals surface area contributed by atoms with Gasteiger partial charge < -0.3 is 10.3 Å². The van der Waals surface area contributed by atoms with Gasteiger partial charge in [-0.05, 0) is 31.2 Å². The Labute approximate surface area is 155 Å². The Morgan fingerprint density at radius 3 is 2.70 bits per heavy atom. The summed E-state index contributed by atoms with van der Waals surface area (Å²) >= 11 is 5.94. The molecule has 6 nitrogen and oxygen atoms in total. The Hall–Kier alpha value is -3.07. The fourth-order valence-electron chi connectivity index (χ4n) is 2.43. The zero-order valence-electron chi connectivity index (χ0n) is 13.8. The summed E-state index contributed by atoms with van der Waals surface area (Å²) in [6.45, 7) is 1.61. The first-order valence-corrected chi connectivity index (χ1v) is 7.96. The van der Waals surface area contributed by atoms with Crippen LogP contribution >= 0.6 is 11.6 Å². The molecule has 140 valence electrons. The van der Waals surface area contributed by atoms with E-state index in [1.54, 1.807) is 31.2 Å². The van der Waals surface area contributed by atoms with Crippen molar-refractivity contribution < 1.29 is 18.0 Å². The summed E-state index contributed by atoms with van der Waals surface area (Å²) in [4.78, 5) is 26.1. The molecular formula is C17H12ClF3N4O2. The molecule has 27 heavy (non-hydrogen) atoms. The van der Waals surface area contributed by atoms with Crippen molar-refractivity contribution in [3.8, 4) is 5.69 Å². The van der Waals surface area contributed by atoms with Gasteiger partial charge in [0.1, 0.15) is 5.69 Å². The minimum Gasteiger partial charge on any atom is -0.327 e. The number of hydrogen-bond acceptors (Lipinski definition) is 3. The summed E-state index contributed by atoms with van der Waals surface area (Å²) in [5, 5.41) is 6.77. The maximum absolute atomic E-state index is 12.8. The molecule has 0 saturated carbocycles. The molecule has 10 heteroatoms. The molecule has 0 spiro atoms.